The number of urea groups is 1. The molecular weight excluding hydrogens is 504 g/mol. The maximum absolute atomic E-state index is 14.3. The number of carbonyl (C=O) groups is 2. The van der Waals surface area contributed by atoms with Crippen LogP contribution >= 0.6 is 11.8 Å². The van der Waals surface area contributed by atoms with E-state index in [4.69, 9.17) is 0 Å². The van der Waals surface area contributed by atoms with Crippen molar-refractivity contribution in [2.75, 3.05) is 29.6 Å². The maximum Gasteiger partial charge on any atom is 0.322 e. The van der Waals surface area contributed by atoms with Crippen LogP contribution < -0.4 is 10.2 Å². The molecule has 200 valence electrons. The molecule has 6 nitrogen and oxygen atoms in total. The van der Waals surface area contributed by atoms with Crippen molar-refractivity contribution in [3.05, 3.63) is 108 Å². The van der Waals surface area contributed by atoms with E-state index in [-0.39, 0.29) is 24.5 Å². The van der Waals surface area contributed by atoms with Crippen molar-refractivity contribution in [3.8, 4) is 5.69 Å². The molecule has 3 aromatic carbocycles. The van der Waals surface area contributed by atoms with Gasteiger partial charge in [0.15, 0.2) is 0 Å². The van der Waals surface area contributed by atoms with Gasteiger partial charge in [0.05, 0.1) is 17.1 Å². The molecule has 5 rings (SSSR count). The lowest BCUT2D eigenvalue weighted by molar-refractivity contribution is -0.119. The third kappa shape index (κ3) is 5.59. The second kappa shape index (κ2) is 11.8. The highest BCUT2D eigenvalue weighted by molar-refractivity contribution is 7.98. The molecule has 0 saturated carbocycles. The van der Waals surface area contributed by atoms with E-state index in [0.29, 0.717) is 12.2 Å². The van der Waals surface area contributed by atoms with E-state index < -0.39 is 0 Å². The summed E-state index contributed by atoms with van der Waals surface area (Å²) in [7, 11) is 0. The number of nitrogens with zero attached hydrogens (tertiary/aromatic N) is 3. The molecule has 1 aliphatic heterocycles. The molecule has 39 heavy (non-hydrogen) atoms. The first-order chi connectivity index (χ1) is 19.0. The van der Waals surface area contributed by atoms with Crippen molar-refractivity contribution in [2.45, 2.75) is 37.6 Å². The van der Waals surface area contributed by atoms with Gasteiger partial charge in [-0.15, -0.1) is 11.8 Å². The molecular formula is C32H34N4O2S. The van der Waals surface area contributed by atoms with Gasteiger partial charge < -0.3 is 14.8 Å². The number of rotatable bonds is 8. The van der Waals surface area contributed by atoms with Crippen LogP contribution in [0.3, 0.4) is 0 Å². The van der Waals surface area contributed by atoms with Crippen molar-refractivity contribution in [1.29, 1.82) is 0 Å². The van der Waals surface area contributed by atoms with Gasteiger partial charge in [0.25, 0.3) is 0 Å². The lowest BCUT2D eigenvalue weighted by Crippen LogP contribution is -2.48. The largest absolute Gasteiger partial charge is 0.322 e. The van der Waals surface area contributed by atoms with Gasteiger partial charge in [0, 0.05) is 23.3 Å². The molecule has 3 amide bonds. The van der Waals surface area contributed by atoms with Crippen LogP contribution in [0.4, 0.5) is 16.2 Å². The SMILES string of the molecule is CCCCN(CC(=O)N1c2ccccc2-n2cccc2C1c1cccc(C)c1)C(=O)Nc1ccc(SC)cc1. The van der Waals surface area contributed by atoms with Crippen LogP contribution in [0.2, 0.25) is 0 Å². The van der Waals surface area contributed by atoms with Crippen LogP contribution in [0, 0.1) is 6.92 Å². The summed E-state index contributed by atoms with van der Waals surface area (Å²) in [6.45, 7) is 4.62. The summed E-state index contributed by atoms with van der Waals surface area (Å²) in [4.78, 5) is 32.3. The molecule has 1 aliphatic rings. The molecule has 1 atom stereocenters. The van der Waals surface area contributed by atoms with Crippen LogP contribution in [-0.2, 0) is 4.79 Å². The molecule has 0 aliphatic carbocycles. The minimum atomic E-state index is -0.308. The topological polar surface area (TPSA) is 57.6 Å². The summed E-state index contributed by atoms with van der Waals surface area (Å²) >= 11 is 1.65. The lowest BCUT2D eigenvalue weighted by atomic mass is 9.96. The Morgan fingerprint density at radius 3 is 2.44 bits per heavy atom. The highest BCUT2D eigenvalue weighted by Gasteiger charge is 2.37. The van der Waals surface area contributed by atoms with Crippen LogP contribution in [0.15, 0.2) is 96.0 Å². The van der Waals surface area contributed by atoms with E-state index >= 15 is 0 Å². The van der Waals surface area contributed by atoms with E-state index in [0.717, 1.165) is 45.9 Å². The standard InChI is InChI=1S/C32H34N4O2S/c1-4-5-19-34(32(38)33-25-15-17-26(39-3)18-16-25)22-30(37)36-28-13-7-6-12-27(28)35-20-9-14-29(35)31(36)24-11-8-10-23(2)21-24/h6-18,20-21,31H,4-5,19,22H2,1-3H3,(H,33,38). The highest BCUT2D eigenvalue weighted by Crippen LogP contribution is 2.42. The zero-order valence-electron chi connectivity index (χ0n) is 22.6. The zero-order valence-corrected chi connectivity index (χ0v) is 23.4. The number of unbranched alkanes of at least 4 members (excludes halogenated alkanes) is 1. The first-order valence-corrected chi connectivity index (χ1v) is 14.6. The Hall–Kier alpha value is -3.97. The lowest BCUT2D eigenvalue weighted by Gasteiger charge is -2.39. The van der Waals surface area contributed by atoms with Crippen LogP contribution in [0.25, 0.3) is 5.69 Å². The van der Waals surface area contributed by atoms with Gasteiger partial charge in [-0.05, 0) is 73.7 Å². The first-order valence-electron chi connectivity index (χ1n) is 13.4. The molecule has 0 fully saturated rings. The Kier molecular flexibility index (Phi) is 8.07. The number of thioether (sulfide) groups is 1. The van der Waals surface area contributed by atoms with E-state index in [1.165, 1.54) is 0 Å². The van der Waals surface area contributed by atoms with Crippen molar-refractivity contribution in [2.24, 2.45) is 0 Å². The van der Waals surface area contributed by atoms with E-state index in [2.05, 4.69) is 48.0 Å². The predicted molar refractivity (Wildman–Crippen MR) is 160 cm³/mol. The highest BCUT2D eigenvalue weighted by atomic mass is 32.2. The normalized spacial score (nSPS) is 13.9. The second-order valence-corrected chi connectivity index (χ2v) is 10.7. The van der Waals surface area contributed by atoms with Gasteiger partial charge in [-0.1, -0.05) is 55.3 Å². The fourth-order valence-corrected chi connectivity index (χ4v) is 5.54. The molecule has 1 N–H and O–H groups in total. The third-order valence-corrected chi connectivity index (χ3v) is 7.83. The second-order valence-electron chi connectivity index (χ2n) is 9.81. The van der Waals surface area contributed by atoms with Crippen molar-refractivity contribution in [1.82, 2.24) is 9.47 Å². The average Bonchev–Trinajstić information content (AvgIpc) is 3.45. The number of hydrogen-bond acceptors (Lipinski definition) is 3. The third-order valence-electron chi connectivity index (χ3n) is 7.08. The fourth-order valence-electron chi connectivity index (χ4n) is 5.14. The summed E-state index contributed by atoms with van der Waals surface area (Å²) in [5, 5.41) is 2.99. The molecule has 0 radical (unpaired) electrons. The minimum Gasteiger partial charge on any atom is -0.316 e. The van der Waals surface area contributed by atoms with Gasteiger partial charge in [-0.25, -0.2) is 4.79 Å². The molecule has 1 unspecified atom stereocenters. The van der Waals surface area contributed by atoms with Gasteiger partial charge >= 0.3 is 6.03 Å². The molecule has 1 aromatic heterocycles. The number of para-hydroxylation sites is 2. The van der Waals surface area contributed by atoms with Crippen molar-refractivity contribution >= 4 is 35.1 Å². The van der Waals surface area contributed by atoms with Gasteiger partial charge in [-0.2, -0.15) is 0 Å². The Morgan fingerprint density at radius 2 is 1.72 bits per heavy atom. The molecule has 2 heterocycles. The van der Waals surface area contributed by atoms with E-state index in [1.54, 1.807) is 16.7 Å². The molecule has 0 spiro atoms. The number of amides is 3. The number of aryl methyl sites for hydroxylation is 1. The number of anilines is 2. The van der Waals surface area contributed by atoms with Crippen LogP contribution in [0.5, 0.6) is 0 Å². The number of aromatic nitrogens is 1. The molecule has 7 heteroatoms. The summed E-state index contributed by atoms with van der Waals surface area (Å²) < 4.78 is 2.16. The summed E-state index contributed by atoms with van der Waals surface area (Å²) in [6, 6.07) is 27.5. The first kappa shape index (κ1) is 26.6. The van der Waals surface area contributed by atoms with E-state index in [9.17, 15) is 9.59 Å². The number of benzene rings is 3. The molecule has 0 saturated heterocycles. The monoisotopic (exact) mass is 538 g/mol. The fraction of sp³-hybridized carbons (Fsp3) is 0.250. The van der Waals surface area contributed by atoms with Crippen LogP contribution in [0.1, 0.15) is 42.6 Å². The van der Waals surface area contributed by atoms with Crippen LogP contribution in [-0.4, -0.2) is 40.8 Å². The Morgan fingerprint density at radius 1 is 0.949 bits per heavy atom. The average molecular weight is 539 g/mol. The number of nitrogens with one attached hydrogen (secondary N) is 1. The van der Waals surface area contributed by atoms with E-state index in [1.807, 2.05) is 78.0 Å². The minimum absolute atomic E-state index is 0.0217. The summed E-state index contributed by atoms with van der Waals surface area (Å²) in [5.41, 5.74) is 5.69. The Balaban J connectivity index is 1.48. The van der Waals surface area contributed by atoms with Gasteiger partial charge in [-0.3, -0.25) is 9.69 Å². The summed E-state index contributed by atoms with van der Waals surface area (Å²) in [5.74, 6) is -0.120. The quantitative estimate of drug-likeness (QED) is 0.240. The number of hydrogen-bond donors (Lipinski definition) is 1. The van der Waals surface area contributed by atoms with Gasteiger partial charge in [0.1, 0.15) is 12.6 Å². The summed E-state index contributed by atoms with van der Waals surface area (Å²) in [6.07, 6.45) is 5.80. The number of fused-ring (bicyclic) bond motifs is 3. The Labute approximate surface area is 234 Å². The van der Waals surface area contributed by atoms with Gasteiger partial charge in [0.2, 0.25) is 5.91 Å². The smallest absolute Gasteiger partial charge is 0.316 e. The predicted octanol–water partition coefficient (Wildman–Crippen LogP) is 7.28. The zero-order chi connectivity index (χ0) is 27.4. The van der Waals surface area contributed by atoms with Crippen molar-refractivity contribution in [3.63, 3.8) is 0 Å². The molecule has 4 aromatic rings. The number of carbonyl (C=O) groups excluding carboxylic acids is 2. The molecule has 0 bridgehead atoms. The van der Waals surface area contributed by atoms with Crippen molar-refractivity contribution < 1.29 is 9.59 Å². The Bertz CT molecular complexity index is 1460. The maximum atomic E-state index is 14.3.